The molecule has 3 N–H and O–H groups in total. The van der Waals surface area contributed by atoms with E-state index in [9.17, 15) is 24.0 Å². The summed E-state index contributed by atoms with van der Waals surface area (Å²) in [5.74, 6) is -1.73. The minimum Gasteiger partial charge on any atom is -0.372 e. The molecule has 0 saturated carbocycles. The zero-order chi connectivity index (χ0) is 40.2. The van der Waals surface area contributed by atoms with Crippen molar-refractivity contribution < 1.29 is 24.0 Å². The summed E-state index contributed by atoms with van der Waals surface area (Å²) >= 11 is 0. The Morgan fingerprint density at radius 3 is 2.39 bits per heavy atom. The third kappa shape index (κ3) is 7.48. The topological polar surface area (TPSA) is 158 Å². The molecule has 9 rings (SSSR count). The smallest absolute Gasteiger partial charge is 0.262 e. The molecule has 4 aromatic rings. The van der Waals surface area contributed by atoms with Gasteiger partial charge >= 0.3 is 0 Å². The highest BCUT2D eigenvalue weighted by molar-refractivity contribution is 6.23. The number of imide groups is 2. The average Bonchev–Trinajstić information content (AvgIpc) is 4.01. The maximum atomic E-state index is 13.2. The molecule has 2 atom stereocenters. The Bertz CT molecular complexity index is 2240. The lowest BCUT2D eigenvalue weighted by Gasteiger charge is -2.37. The van der Waals surface area contributed by atoms with Gasteiger partial charge in [-0.1, -0.05) is 19.9 Å². The number of rotatable bonds is 6. The monoisotopic (exact) mass is 775 g/mol. The molecule has 2 aromatic carbocycles. The molecule has 4 aliphatic heterocycles. The van der Waals surface area contributed by atoms with Crippen molar-refractivity contribution in [2.45, 2.75) is 77.8 Å². The summed E-state index contributed by atoms with van der Waals surface area (Å²) in [4.78, 5) is 75.0. The van der Waals surface area contributed by atoms with Crippen LogP contribution in [0.4, 0.5) is 11.4 Å². The predicted molar refractivity (Wildman–Crippen MR) is 218 cm³/mol. The number of nitrogens with zero attached hydrogens (tertiary/aromatic N) is 6. The summed E-state index contributed by atoms with van der Waals surface area (Å²) in [6, 6.07) is 12.6. The van der Waals surface area contributed by atoms with Gasteiger partial charge in [0.25, 0.3) is 11.8 Å². The van der Waals surface area contributed by atoms with Gasteiger partial charge in [0.2, 0.25) is 17.7 Å². The van der Waals surface area contributed by atoms with Crippen molar-refractivity contribution in [1.29, 1.82) is 0 Å². The van der Waals surface area contributed by atoms with Gasteiger partial charge in [-0.15, -0.1) is 0 Å². The van der Waals surface area contributed by atoms with E-state index < -0.39 is 23.8 Å². The quantitative estimate of drug-likeness (QED) is 0.242. The lowest BCUT2D eigenvalue weighted by Crippen LogP contribution is -2.54. The summed E-state index contributed by atoms with van der Waals surface area (Å²) in [7, 11) is 4.02. The number of hydrogen-bond donors (Lipinski definition) is 3. The number of carbonyl (C=O) groups excluding carboxylic acids is 5. The molecule has 2 aromatic heterocycles. The highest BCUT2D eigenvalue weighted by Crippen LogP contribution is 2.38. The Labute approximate surface area is 332 Å². The van der Waals surface area contributed by atoms with Gasteiger partial charge in [0.05, 0.1) is 22.9 Å². The van der Waals surface area contributed by atoms with Crippen LogP contribution < -0.4 is 15.1 Å². The van der Waals surface area contributed by atoms with E-state index in [-0.39, 0.29) is 30.7 Å². The van der Waals surface area contributed by atoms with Gasteiger partial charge in [0.15, 0.2) is 0 Å². The molecule has 1 aliphatic carbocycles. The van der Waals surface area contributed by atoms with E-state index in [4.69, 9.17) is 0 Å². The predicted octanol–water partition coefficient (Wildman–Crippen LogP) is 4.36. The van der Waals surface area contributed by atoms with Crippen molar-refractivity contribution in [3.63, 3.8) is 0 Å². The molecule has 6 heterocycles. The number of piperazine rings is 1. The van der Waals surface area contributed by atoms with Crippen LogP contribution in [0.15, 0.2) is 42.5 Å². The summed E-state index contributed by atoms with van der Waals surface area (Å²) < 4.78 is 0. The van der Waals surface area contributed by atoms with E-state index in [1.54, 1.807) is 17.0 Å². The van der Waals surface area contributed by atoms with Crippen LogP contribution >= 0.6 is 0 Å². The van der Waals surface area contributed by atoms with Crippen LogP contribution in [0.1, 0.15) is 84.8 Å². The average molecular weight is 776 g/mol. The van der Waals surface area contributed by atoms with Crippen LogP contribution in [-0.4, -0.2) is 125 Å². The van der Waals surface area contributed by atoms with E-state index in [1.165, 1.54) is 17.7 Å². The van der Waals surface area contributed by atoms with Crippen molar-refractivity contribution >= 4 is 51.8 Å². The molecule has 14 nitrogen and oxygen atoms in total. The molecular weight excluding hydrogens is 723 g/mol. The van der Waals surface area contributed by atoms with Gasteiger partial charge in [-0.2, -0.15) is 5.10 Å². The largest absolute Gasteiger partial charge is 0.372 e. The highest BCUT2D eigenvalue weighted by atomic mass is 16.2. The fourth-order valence-corrected chi connectivity index (χ4v) is 8.93. The van der Waals surface area contributed by atoms with E-state index in [0.717, 1.165) is 104 Å². The fourth-order valence-electron chi connectivity index (χ4n) is 8.93. The first kappa shape index (κ1) is 38.5. The normalized spacial score (nSPS) is 21.6. The molecule has 0 spiro atoms. The number of likely N-dealkylation sites (N-methyl/N-ethyl adjacent to an activating group) is 2. The first-order chi connectivity index (χ1) is 27.3. The number of anilines is 2. The molecule has 2 unspecified atom stereocenters. The molecular formula is C43H53N9O5. The molecule has 3 fully saturated rings. The number of fused-ring (bicyclic) bond motifs is 3. The number of amides is 5. The number of hydrogen-bond acceptors (Lipinski definition) is 9. The van der Waals surface area contributed by atoms with Crippen molar-refractivity contribution in [2.24, 2.45) is 5.41 Å². The number of benzene rings is 2. The van der Waals surface area contributed by atoms with Crippen LogP contribution in [0, 0.1) is 5.41 Å². The summed E-state index contributed by atoms with van der Waals surface area (Å²) in [5.41, 5.74) is 8.54. The Hall–Kier alpha value is -5.34. The number of piperidine rings is 1. The van der Waals surface area contributed by atoms with Crippen molar-refractivity contribution in [1.82, 2.24) is 35.2 Å². The minimum atomic E-state index is -0.912. The summed E-state index contributed by atoms with van der Waals surface area (Å²) in [6.07, 6.45) is 5.81. The number of aromatic amines is 2. The third-order valence-corrected chi connectivity index (χ3v) is 12.6. The third-order valence-electron chi connectivity index (χ3n) is 12.6. The molecule has 300 valence electrons. The van der Waals surface area contributed by atoms with Gasteiger partial charge < -0.3 is 19.7 Å². The first-order valence-corrected chi connectivity index (χ1v) is 20.3. The van der Waals surface area contributed by atoms with Gasteiger partial charge in [0.1, 0.15) is 11.7 Å². The Balaban J connectivity index is 0.000000168. The highest BCUT2D eigenvalue weighted by Gasteiger charge is 2.45. The molecule has 57 heavy (non-hydrogen) atoms. The Morgan fingerprint density at radius 2 is 1.65 bits per heavy atom. The zero-order valence-corrected chi connectivity index (χ0v) is 33.6. The molecule has 5 aliphatic rings. The van der Waals surface area contributed by atoms with E-state index in [0.29, 0.717) is 16.5 Å². The van der Waals surface area contributed by atoms with Crippen LogP contribution in [-0.2, 0) is 27.2 Å². The van der Waals surface area contributed by atoms with Crippen molar-refractivity contribution in [3.05, 3.63) is 64.8 Å². The maximum absolute atomic E-state index is 13.2. The number of carbonyl (C=O) groups is 5. The Kier molecular flexibility index (Phi) is 10.3. The van der Waals surface area contributed by atoms with Crippen molar-refractivity contribution in [3.8, 4) is 11.4 Å². The second-order valence-electron chi connectivity index (χ2n) is 17.1. The zero-order valence-electron chi connectivity index (χ0n) is 33.6. The maximum Gasteiger partial charge on any atom is 0.262 e. The molecule has 3 saturated heterocycles. The first-order valence-electron chi connectivity index (χ1n) is 20.3. The molecule has 0 radical (unpaired) electrons. The van der Waals surface area contributed by atoms with Gasteiger partial charge in [-0.3, -0.25) is 44.2 Å². The minimum absolute atomic E-state index is 0.126. The van der Waals surface area contributed by atoms with E-state index in [2.05, 4.69) is 74.3 Å². The SMILES string of the molecule is CC(C(=O)N(C)c1ccc2cc(-c3n[nH]c4c3CCC(C)(C)C4)[nH]c2c1)N1CCN(C)CC1.O=C1CCC(N2C(=O)c3ccc(N4CCCC4)cc3C2=O)C(=O)N1. The molecule has 14 heteroatoms. The molecule has 0 bridgehead atoms. The second-order valence-corrected chi connectivity index (χ2v) is 17.1. The van der Waals surface area contributed by atoms with Crippen LogP contribution in [0.2, 0.25) is 0 Å². The lowest BCUT2D eigenvalue weighted by atomic mass is 9.76. The number of aromatic nitrogens is 3. The van der Waals surface area contributed by atoms with Crippen LogP contribution in [0.25, 0.3) is 22.3 Å². The molecule has 5 amide bonds. The number of H-pyrrole nitrogens is 2. The van der Waals surface area contributed by atoms with Gasteiger partial charge in [-0.05, 0) is 94.3 Å². The van der Waals surface area contributed by atoms with E-state index >= 15 is 0 Å². The number of nitrogens with one attached hydrogen (secondary N) is 3. The van der Waals surface area contributed by atoms with Gasteiger partial charge in [-0.25, -0.2) is 0 Å². The van der Waals surface area contributed by atoms with Crippen molar-refractivity contribution in [2.75, 3.05) is 63.2 Å². The second kappa shape index (κ2) is 15.2. The lowest BCUT2D eigenvalue weighted by molar-refractivity contribution is -0.136. The standard InChI is InChI=1S/C26H36N6O.C17H17N3O4/c1-17(32-12-10-30(4)11-13-32)25(33)31(5)19-7-6-18-14-22(27-21(18)15-19)24-20-8-9-26(2,3)16-23(20)28-29-24;21-14-6-5-13(15(22)18-14)20-16(23)11-4-3-10(9-12(11)17(20)24)19-7-1-2-8-19/h6-7,14-15,17,27H,8-13,16H2,1-5H3,(H,28,29);3-4,9,13H,1-2,5-8H2,(H,18,21,22). The fraction of sp³-hybridized carbons (Fsp3) is 0.488. The van der Waals surface area contributed by atoms with Crippen LogP contribution in [0.3, 0.4) is 0 Å². The van der Waals surface area contributed by atoms with E-state index in [1.807, 2.05) is 26.1 Å². The summed E-state index contributed by atoms with van der Waals surface area (Å²) in [5, 5.41) is 11.3. The van der Waals surface area contributed by atoms with Crippen LogP contribution in [0.5, 0.6) is 0 Å². The summed E-state index contributed by atoms with van der Waals surface area (Å²) in [6.45, 7) is 12.4. The van der Waals surface area contributed by atoms with Gasteiger partial charge in [0, 0.05) is 86.3 Å². The Morgan fingerprint density at radius 1 is 0.912 bits per heavy atom.